The highest BCUT2D eigenvalue weighted by Crippen LogP contribution is 2.20. The molecular formula is C15H22N2. The Kier molecular flexibility index (Phi) is 3.53. The van der Waals surface area contributed by atoms with Crippen molar-refractivity contribution in [1.82, 2.24) is 9.88 Å². The molecule has 2 heteroatoms. The minimum atomic E-state index is 0.527. The number of nitrogens with zero attached hydrogens (tertiary/aromatic N) is 1. The highest BCUT2D eigenvalue weighted by molar-refractivity contribution is 5.82. The van der Waals surface area contributed by atoms with Crippen molar-refractivity contribution in [3.05, 3.63) is 35.5 Å². The van der Waals surface area contributed by atoms with Gasteiger partial charge in [0.25, 0.3) is 0 Å². The van der Waals surface area contributed by atoms with Crippen LogP contribution in [-0.4, -0.2) is 10.6 Å². The molecule has 1 heterocycles. The average molecular weight is 230 g/mol. The maximum absolute atomic E-state index is 3.47. The summed E-state index contributed by atoms with van der Waals surface area (Å²) in [6, 6.07) is 9.58. The molecule has 2 rings (SSSR count). The number of aryl methyl sites for hydroxylation is 2. The summed E-state index contributed by atoms with van der Waals surface area (Å²) in [5, 5.41) is 4.83. The van der Waals surface area contributed by atoms with Crippen molar-refractivity contribution in [3.8, 4) is 0 Å². The van der Waals surface area contributed by atoms with Crippen LogP contribution < -0.4 is 5.32 Å². The number of fused-ring (bicyclic) bond motifs is 1. The van der Waals surface area contributed by atoms with E-state index < -0.39 is 0 Å². The van der Waals surface area contributed by atoms with Gasteiger partial charge in [0.1, 0.15) is 0 Å². The van der Waals surface area contributed by atoms with Crippen molar-refractivity contribution < 1.29 is 0 Å². The fraction of sp³-hybridized carbons (Fsp3) is 0.467. The normalized spacial score (nSPS) is 11.6. The summed E-state index contributed by atoms with van der Waals surface area (Å²) in [5.74, 6) is 0. The zero-order chi connectivity index (χ0) is 12.4. The topological polar surface area (TPSA) is 17.0 Å². The second kappa shape index (κ2) is 4.92. The van der Waals surface area contributed by atoms with Crippen LogP contribution in [-0.2, 0) is 20.0 Å². The summed E-state index contributed by atoms with van der Waals surface area (Å²) < 4.78 is 2.28. The molecular weight excluding hydrogens is 208 g/mol. The number of hydrogen-bond donors (Lipinski definition) is 1. The molecule has 0 amide bonds. The van der Waals surface area contributed by atoms with E-state index in [0.717, 1.165) is 13.0 Å². The molecule has 2 aromatic rings. The van der Waals surface area contributed by atoms with E-state index in [1.54, 1.807) is 0 Å². The molecule has 1 aromatic carbocycles. The molecule has 0 unspecified atom stereocenters. The van der Waals surface area contributed by atoms with Gasteiger partial charge >= 0.3 is 0 Å². The van der Waals surface area contributed by atoms with Crippen LogP contribution in [0.15, 0.2) is 24.3 Å². The van der Waals surface area contributed by atoms with Gasteiger partial charge in [0.15, 0.2) is 0 Å². The zero-order valence-corrected chi connectivity index (χ0v) is 11.2. The molecule has 0 bridgehead atoms. The van der Waals surface area contributed by atoms with Gasteiger partial charge in [-0.1, -0.05) is 26.8 Å². The Bertz CT molecular complexity index is 509. The molecule has 0 aliphatic rings. The molecule has 0 aliphatic carbocycles. The van der Waals surface area contributed by atoms with Gasteiger partial charge < -0.3 is 9.88 Å². The minimum Gasteiger partial charge on any atom is -0.346 e. The second-order valence-electron chi connectivity index (χ2n) is 4.98. The molecule has 1 aromatic heterocycles. The van der Waals surface area contributed by atoms with Crippen LogP contribution in [0.3, 0.4) is 0 Å². The Morgan fingerprint density at radius 3 is 2.65 bits per heavy atom. The predicted molar refractivity (Wildman–Crippen MR) is 74.3 cm³/mol. The molecule has 0 spiro atoms. The van der Waals surface area contributed by atoms with Gasteiger partial charge in [0.05, 0.1) is 0 Å². The van der Waals surface area contributed by atoms with Crippen LogP contribution in [0.4, 0.5) is 0 Å². The van der Waals surface area contributed by atoms with Crippen molar-refractivity contribution in [1.29, 1.82) is 0 Å². The highest BCUT2D eigenvalue weighted by atomic mass is 15.0. The lowest BCUT2D eigenvalue weighted by Gasteiger charge is -2.09. The van der Waals surface area contributed by atoms with E-state index in [-0.39, 0.29) is 0 Å². The average Bonchev–Trinajstić information content (AvgIpc) is 2.63. The number of benzene rings is 1. The van der Waals surface area contributed by atoms with Crippen LogP contribution in [0.25, 0.3) is 10.9 Å². The van der Waals surface area contributed by atoms with Gasteiger partial charge in [0, 0.05) is 36.2 Å². The molecule has 1 N–H and O–H groups in total. The maximum atomic E-state index is 3.47. The molecule has 0 radical (unpaired) electrons. The quantitative estimate of drug-likeness (QED) is 0.853. The van der Waals surface area contributed by atoms with Gasteiger partial charge in [-0.05, 0) is 30.2 Å². The van der Waals surface area contributed by atoms with Crippen LogP contribution in [0.1, 0.15) is 32.0 Å². The Hall–Kier alpha value is -1.28. The molecule has 0 atom stereocenters. The number of aromatic nitrogens is 1. The first-order chi connectivity index (χ1) is 8.11. The van der Waals surface area contributed by atoms with Crippen molar-refractivity contribution in [2.75, 3.05) is 0 Å². The highest BCUT2D eigenvalue weighted by Gasteiger charge is 2.06. The predicted octanol–water partition coefficient (Wildman–Crippen LogP) is 3.24. The first-order valence-electron chi connectivity index (χ1n) is 6.42. The SMILES string of the molecule is CCc1ccc2c(c1)cc(CNC(C)C)n2C. The third kappa shape index (κ3) is 2.52. The molecule has 0 fully saturated rings. The van der Waals surface area contributed by atoms with E-state index in [1.165, 1.54) is 22.2 Å². The standard InChI is InChI=1S/C15H22N2/c1-5-12-6-7-15-13(8-12)9-14(17(15)4)10-16-11(2)3/h6-9,11,16H,5,10H2,1-4H3. The minimum absolute atomic E-state index is 0.527. The largest absolute Gasteiger partial charge is 0.346 e. The third-order valence-electron chi connectivity index (χ3n) is 3.31. The summed E-state index contributed by atoms with van der Waals surface area (Å²) in [4.78, 5) is 0. The summed E-state index contributed by atoms with van der Waals surface area (Å²) >= 11 is 0. The Morgan fingerprint density at radius 1 is 1.24 bits per heavy atom. The first-order valence-corrected chi connectivity index (χ1v) is 6.42. The Labute approximate surface area is 104 Å². The summed E-state index contributed by atoms with van der Waals surface area (Å²) in [6.07, 6.45) is 1.10. The lowest BCUT2D eigenvalue weighted by molar-refractivity contribution is 0.572. The zero-order valence-electron chi connectivity index (χ0n) is 11.2. The van der Waals surface area contributed by atoms with E-state index in [9.17, 15) is 0 Å². The van der Waals surface area contributed by atoms with Crippen LogP contribution in [0, 0.1) is 0 Å². The fourth-order valence-corrected chi connectivity index (χ4v) is 2.15. The first kappa shape index (κ1) is 12.2. The van der Waals surface area contributed by atoms with Crippen LogP contribution >= 0.6 is 0 Å². The Morgan fingerprint density at radius 2 is 2.00 bits per heavy atom. The molecule has 0 aliphatic heterocycles. The van der Waals surface area contributed by atoms with Gasteiger partial charge in [-0.3, -0.25) is 0 Å². The Balaban J connectivity index is 2.34. The molecule has 0 saturated heterocycles. The molecule has 92 valence electrons. The number of nitrogens with one attached hydrogen (secondary N) is 1. The monoisotopic (exact) mass is 230 g/mol. The summed E-state index contributed by atoms with van der Waals surface area (Å²) in [6.45, 7) is 7.49. The van der Waals surface area contributed by atoms with Crippen LogP contribution in [0.5, 0.6) is 0 Å². The fourth-order valence-electron chi connectivity index (χ4n) is 2.15. The van der Waals surface area contributed by atoms with Crippen molar-refractivity contribution >= 4 is 10.9 Å². The summed E-state index contributed by atoms with van der Waals surface area (Å²) in [5.41, 5.74) is 4.08. The van der Waals surface area contributed by atoms with Crippen molar-refractivity contribution in [2.24, 2.45) is 7.05 Å². The smallest absolute Gasteiger partial charge is 0.0480 e. The molecule has 0 saturated carbocycles. The van der Waals surface area contributed by atoms with Crippen molar-refractivity contribution in [3.63, 3.8) is 0 Å². The molecule has 17 heavy (non-hydrogen) atoms. The van der Waals surface area contributed by atoms with E-state index in [0.29, 0.717) is 6.04 Å². The van der Waals surface area contributed by atoms with Crippen molar-refractivity contribution in [2.45, 2.75) is 39.8 Å². The number of rotatable bonds is 4. The third-order valence-corrected chi connectivity index (χ3v) is 3.31. The van der Waals surface area contributed by atoms with Gasteiger partial charge in [-0.25, -0.2) is 0 Å². The lowest BCUT2D eigenvalue weighted by Crippen LogP contribution is -2.22. The van der Waals surface area contributed by atoms with Gasteiger partial charge in [-0.2, -0.15) is 0 Å². The second-order valence-corrected chi connectivity index (χ2v) is 4.98. The van der Waals surface area contributed by atoms with E-state index in [2.05, 4.69) is 62.0 Å². The van der Waals surface area contributed by atoms with Gasteiger partial charge in [-0.15, -0.1) is 0 Å². The number of hydrogen-bond acceptors (Lipinski definition) is 1. The van der Waals surface area contributed by atoms with E-state index >= 15 is 0 Å². The van der Waals surface area contributed by atoms with E-state index in [4.69, 9.17) is 0 Å². The maximum Gasteiger partial charge on any atom is 0.0480 e. The lowest BCUT2D eigenvalue weighted by atomic mass is 10.1. The molecule has 2 nitrogen and oxygen atoms in total. The van der Waals surface area contributed by atoms with Gasteiger partial charge in [0.2, 0.25) is 0 Å². The van der Waals surface area contributed by atoms with Crippen LogP contribution in [0.2, 0.25) is 0 Å². The van der Waals surface area contributed by atoms with E-state index in [1.807, 2.05) is 0 Å². The summed E-state index contributed by atoms with van der Waals surface area (Å²) in [7, 11) is 2.14.